The molecule has 4 heteroatoms. The average molecular weight is 325 g/mol. The second-order valence-electron chi connectivity index (χ2n) is 6.87. The highest BCUT2D eigenvalue weighted by Gasteiger charge is 2.39. The summed E-state index contributed by atoms with van der Waals surface area (Å²) in [6, 6.07) is 10.1. The Balaban J connectivity index is 1.59. The van der Waals surface area contributed by atoms with E-state index in [2.05, 4.69) is 23.5 Å². The molecule has 1 amide bonds. The minimum Gasteiger partial charge on any atom is -0.469 e. The lowest BCUT2D eigenvalue weighted by atomic mass is 9.84. The van der Waals surface area contributed by atoms with Gasteiger partial charge < -0.3 is 10.1 Å². The molecule has 0 heterocycles. The summed E-state index contributed by atoms with van der Waals surface area (Å²) in [6.45, 7) is 2.01. The second-order valence-corrected chi connectivity index (χ2v) is 6.87. The van der Waals surface area contributed by atoms with Gasteiger partial charge in [0.05, 0.1) is 18.4 Å². The number of carbonyl (C=O) groups is 2. The number of allylic oxidation sites excluding steroid dienone is 2. The first-order chi connectivity index (χ1) is 11.5. The first-order valence-corrected chi connectivity index (χ1v) is 8.33. The van der Waals surface area contributed by atoms with E-state index in [4.69, 9.17) is 4.74 Å². The molecule has 1 aromatic rings. The first-order valence-electron chi connectivity index (χ1n) is 8.33. The van der Waals surface area contributed by atoms with Gasteiger partial charge in [0.15, 0.2) is 0 Å². The Morgan fingerprint density at radius 3 is 2.67 bits per heavy atom. The molecule has 0 aliphatic heterocycles. The average Bonchev–Trinajstić information content (AvgIpc) is 3.23. The van der Waals surface area contributed by atoms with Crippen molar-refractivity contribution < 1.29 is 14.3 Å². The molecular weight excluding hydrogens is 302 g/mol. The third-order valence-electron chi connectivity index (χ3n) is 4.98. The van der Waals surface area contributed by atoms with Gasteiger partial charge in [0.1, 0.15) is 0 Å². The normalized spacial score (nSPS) is 28.5. The number of amides is 1. The van der Waals surface area contributed by atoms with Crippen LogP contribution < -0.4 is 5.32 Å². The van der Waals surface area contributed by atoms with E-state index in [1.54, 1.807) is 0 Å². The van der Waals surface area contributed by atoms with E-state index < -0.39 is 5.41 Å². The summed E-state index contributed by atoms with van der Waals surface area (Å²) in [4.78, 5) is 24.3. The lowest BCUT2D eigenvalue weighted by Crippen LogP contribution is -2.42. The Morgan fingerprint density at radius 1 is 1.21 bits per heavy atom. The molecule has 2 aliphatic carbocycles. The minimum atomic E-state index is -0.428. The van der Waals surface area contributed by atoms with Crippen LogP contribution in [0.1, 0.15) is 31.7 Å². The molecule has 3 rings (SSSR count). The van der Waals surface area contributed by atoms with Gasteiger partial charge in [-0.05, 0) is 30.4 Å². The molecule has 126 valence electrons. The Morgan fingerprint density at radius 2 is 1.96 bits per heavy atom. The molecule has 0 radical (unpaired) electrons. The van der Waals surface area contributed by atoms with Crippen molar-refractivity contribution in [2.24, 2.45) is 11.3 Å². The summed E-state index contributed by atoms with van der Waals surface area (Å²) in [7, 11) is 1.39. The largest absolute Gasteiger partial charge is 0.469 e. The lowest BCUT2D eigenvalue weighted by molar-refractivity contribution is -0.144. The zero-order valence-corrected chi connectivity index (χ0v) is 14.1. The highest BCUT2D eigenvalue weighted by molar-refractivity contribution is 5.88. The van der Waals surface area contributed by atoms with E-state index in [0.29, 0.717) is 6.42 Å². The van der Waals surface area contributed by atoms with Crippen molar-refractivity contribution in [1.82, 2.24) is 5.32 Å². The fourth-order valence-electron chi connectivity index (χ4n) is 3.43. The predicted octanol–water partition coefficient (Wildman–Crippen LogP) is 3.10. The maximum absolute atomic E-state index is 12.8. The van der Waals surface area contributed by atoms with Crippen LogP contribution in [0.5, 0.6) is 0 Å². The number of esters is 1. The van der Waals surface area contributed by atoms with Gasteiger partial charge in [0.2, 0.25) is 5.91 Å². The molecule has 0 saturated carbocycles. The lowest BCUT2D eigenvalue weighted by Gasteiger charge is -2.25. The molecule has 3 atom stereocenters. The topological polar surface area (TPSA) is 55.4 Å². The zero-order chi connectivity index (χ0) is 17.2. The van der Waals surface area contributed by atoms with Gasteiger partial charge in [-0.2, -0.15) is 0 Å². The Bertz CT molecular complexity index is 692. The maximum Gasteiger partial charge on any atom is 0.312 e. The SMILES string of the molecule is COC(=O)[C@@H]1C=C[C@H](NC(=O)C2(C)CC=C(c3ccccc3)C2)C1. The summed E-state index contributed by atoms with van der Waals surface area (Å²) in [6.07, 6.45) is 7.93. The van der Waals surface area contributed by atoms with Gasteiger partial charge in [-0.3, -0.25) is 9.59 Å². The van der Waals surface area contributed by atoms with E-state index in [-0.39, 0.29) is 23.8 Å². The highest BCUT2D eigenvalue weighted by Crippen LogP contribution is 2.42. The minimum absolute atomic E-state index is 0.0462. The number of carbonyl (C=O) groups excluding carboxylic acids is 2. The van der Waals surface area contributed by atoms with Crippen molar-refractivity contribution in [3.8, 4) is 0 Å². The summed E-state index contributed by atoms with van der Waals surface area (Å²) in [5.74, 6) is -0.456. The Labute approximate surface area is 142 Å². The number of benzene rings is 1. The van der Waals surface area contributed by atoms with E-state index in [1.807, 2.05) is 37.3 Å². The Hall–Kier alpha value is -2.36. The highest BCUT2D eigenvalue weighted by atomic mass is 16.5. The number of hydrogen-bond donors (Lipinski definition) is 1. The predicted molar refractivity (Wildman–Crippen MR) is 93.0 cm³/mol. The van der Waals surface area contributed by atoms with E-state index in [9.17, 15) is 9.59 Å². The van der Waals surface area contributed by atoms with Crippen LogP contribution in [0.25, 0.3) is 5.57 Å². The van der Waals surface area contributed by atoms with Gasteiger partial charge in [-0.25, -0.2) is 0 Å². The molecule has 24 heavy (non-hydrogen) atoms. The molecule has 0 bridgehead atoms. The summed E-state index contributed by atoms with van der Waals surface area (Å²) >= 11 is 0. The second kappa shape index (κ2) is 6.63. The molecule has 2 aliphatic rings. The van der Waals surface area contributed by atoms with Gasteiger partial charge >= 0.3 is 5.97 Å². The molecule has 4 nitrogen and oxygen atoms in total. The van der Waals surface area contributed by atoms with Crippen molar-refractivity contribution in [1.29, 1.82) is 0 Å². The van der Waals surface area contributed by atoms with Crippen molar-refractivity contribution in [2.45, 2.75) is 32.2 Å². The van der Waals surface area contributed by atoms with Crippen LogP contribution in [0.4, 0.5) is 0 Å². The zero-order valence-electron chi connectivity index (χ0n) is 14.1. The molecular formula is C20H23NO3. The van der Waals surface area contributed by atoms with Crippen LogP contribution in [0.15, 0.2) is 48.6 Å². The molecule has 0 aromatic heterocycles. The first kappa shape index (κ1) is 16.5. The fraction of sp³-hybridized carbons (Fsp3) is 0.400. The van der Waals surface area contributed by atoms with Gasteiger partial charge in [0.25, 0.3) is 0 Å². The standard InChI is InChI=1S/C20H23NO3/c1-20(11-10-16(13-20)14-6-4-3-5-7-14)19(23)21-17-9-8-15(12-17)18(22)24-2/h3-10,15,17H,11-13H2,1-2H3,(H,21,23)/t15-,17+,20?/m1/s1. The van der Waals surface area contributed by atoms with Gasteiger partial charge in [0, 0.05) is 6.04 Å². The molecule has 0 spiro atoms. The van der Waals surface area contributed by atoms with Crippen LogP contribution >= 0.6 is 0 Å². The monoisotopic (exact) mass is 325 g/mol. The number of rotatable bonds is 4. The van der Waals surface area contributed by atoms with Crippen molar-refractivity contribution in [3.05, 3.63) is 54.1 Å². The number of methoxy groups -OCH3 is 1. The summed E-state index contributed by atoms with van der Waals surface area (Å²) in [5.41, 5.74) is 1.98. The third-order valence-corrected chi connectivity index (χ3v) is 4.98. The van der Waals surface area contributed by atoms with E-state index in [0.717, 1.165) is 12.8 Å². The van der Waals surface area contributed by atoms with Gasteiger partial charge in [-0.1, -0.05) is 55.5 Å². The molecule has 0 saturated heterocycles. The van der Waals surface area contributed by atoms with Crippen LogP contribution in [-0.4, -0.2) is 25.0 Å². The maximum atomic E-state index is 12.8. The van der Waals surface area contributed by atoms with E-state index >= 15 is 0 Å². The van der Waals surface area contributed by atoms with Crippen molar-refractivity contribution in [2.75, 3.05) is 7.11 Å². The van der Waals surface area contributed by atoms with Crippen LogP contribution in [-0.2, 0) is 14.3 Å². The number of ether oxygens (including phenoxy) is 1. The van der Waals surface area contributed by atoms with Gasteiger partial charge in [-0.15, -0.1) is 0 Å². The quantitative estimate of drug-likeness (QED) is 0.683. The number of nitrogens with one attached hydrogen (secondary N) is 1. The fourth-order valence-corrected chi connectivity index (χ4v) is 3.43. The van der Waals surface area contributed by atoms with Crippen LogP contribution in [0.2, 0.25) is 0 Å². The Kier molecular flexibility index (Phi) is 4.56. The molecule has 1 N–H and O–H groups in total. The van der Waals surface area contributed by atoms with Crippen LogP contribution in [0, 0.1) is 11.3 Å². The smallest absolute Gasteiger partial charge is 0.312 e. The van der Waals surface area contributed by atoms with E-state index in [1.165, 1.54) is 18.2 Å². The summed E-state index contributed by atoms with van der Waals surface area (Å²) in [5, 5.41) is 3.08. The van der Waals surface area contributed by atoms with Crippen molar-refractivity contribution in [3.63, 3.8) is 0 Å². The summed E-state index contributed by atoms with van der Waals surface area (Å²) < 4.78 is 4.76. The number of hydrogen-bond acceptors (Lipinski definition) is 3. The van der Waals surface area contributed by atoms with Crippen molar-refractivity contribution >= 4 is 17.4 Å². The third kappa shape index (κ3) is 3.28. The molecule has 1 aromatic carbocycles. The van der Waals surface area contributed by atoms with Crippen LogP contribution in [0.3, 0.4) is 0 Å². The molecule has 1 unspecified atom stereocenters. The molecule has 0 fully saturated rings.